The van der Waals surface area contributed by atoms with Crippen LogP contribution in [0.2, 0.25) is 9.62 Å². The SMILES string of the molecule is C#Cc1nn(CCc2sc(Cl)nc2Cl)c2nc(N3CC([C@H]4CCCN(CCO)C4)C3)cnc12. The van der Waals surface area contributed by atoms with Crippen molar-refractivity contribution in [3.63, 3.8) is 0 Å². The number of hydrogen-bond donors (Lipinski definition) is 1. The molecule has 2 fully saturated rings. The summed E-state index contributed by atoms with van der Waals surface area (Å²) in [6.45, 7) is 5.68. The number of nitrogens with zero attached hydrogens (tertiary/aromatic N) is 7. The first-order chi connectivity index (χ1) is 16.1. The van der Waals surface area contributed by atoms with Gasteiger partial charge in [0.25, 0.3) is 0 Å². The summed E-state index contributed by atoms with van der Waals surface area (Å²) >= 11 is 13.5. The molecule has 174 valence electrons. The van der Waals surface area contributed by atoms with Gasteiger partial charge in [-0.05, 0) is 37.1 Å². The predicted octanol–water partition coefficient (Wildman–Crippen LogP) is 2.95. The number of β-amino-alcohol motifs (C(OH)–C–C–N with tert-alkyl or cyclic N) is 1. The molecule has 1 N–H and O–H groups in total. The number of aliphatic hydroxyl groups is 1. The maximum absolute atomic E-state index is 9.25. The van der Waals surface area contributed by atoms with Gasteiger partial charge in [-0.25, -0.2) is 19.6 Å². The van der Waals surface area contributed by atoms with Crippen molar-refractivity contribution in [3.8, 4) is 12.3 Å². The molecular formula is C22H25Cl2N7OS. The summed E-state index contributed by atoms with van der Waals surface area (Å²) in [5.41, 5.74) is 1.81. The number of piperidine rings is 1. The smallest absolute Gasteiger partial charge is 0.185 e. The van der Waals surface area contributed by atoms with Gasteiger partial charge in [0.15, 0.2) is 15.8 Å². The monoisotopic (exact) mass is 505 g/mol. The van der Waals surface area contributed by atoms with E-state index in [2.05, 4.69) is 30.8 Å². The average Bonchev–Trinajstić information content (AvgIpc) is 3.29. The first-order valence-corrected chi connectivity index (χ1v) is 12.7. The van der Waals surface area contributed by atoms with Gasteiger partial charge in [-0.1, -0.05) is 23.2 Å². The van der Waals surface area contributed by atoms with Crippen LogP contribution >= 0.6 is 34.5 Å². The molecule has 2 aliphatic heterocycles. The van der Waals surface area contributed by atoms with Gasteiger partial charge in [0.2, 0.25) is 0 Å². The van der Waals surface area contributed by atoms with Crippen LogP contribution in [0.4, 0.5) is 5.82 Å². The zero-order valence-corrected chi connectivity index (χ0v) is 20.5. The Hall–Kier alpha value is -1.96. The third-order valence-electron chi connectivity index (χ3n) is 6.60. The minimum absolute atomic E-state index is 0.231. The van der Waals surface area contributed by atoms with Crippen molar-refractivity contribution in [1.29, 1.82) is 0 Å². The van der Waals surface area contributed by atoms with Crippen molar-refractivity contribution in [2.24, 2.45) is 11.8 Å². The fourth-order valence-corrected chi connectivity index (χ4v) is 6.24. The fraction of sp³-hybridized carbons (Fsp3) is 0.545. The highest BCUT2D eigenvalue weighted by atomic mass is 35.5. The number of aliphatic hydroxyl groups excluding tert-OH is 1. The maximum Gasteiger partial charge on any atom is 0.185 e. The van der Waals surface area contributed by atoms with E-state index in [0.717, 1.165) is 43.4 Å². The van der Waals surface area contributed by atoms with E-state index in [4.69, 9.17) is 34.6 Å². The Morgan fingerprint density at radius 3 is 2.76 bits per heavy atom. The lowest BCUT2D eigenvalue weighted by atomic mass is 9.80. The van der Waals surface area contributed by atoms with Gasteiger partial charge in [0.05, 0.1) is 12.8 Å². The van der Waals surface area contributed by atoms with Crippen molar-refractivity contribution in [3.05, 3.63) is 26.4 Å². The summed E-state index contributed by atoms with van der Waals surface area (Å²) in [6.07, 6.45) is 10.6. The first-order valence-electron chi connectivity index (χ1n) is 11.1. The van der Waals surface area contributed by atoms with E-state index in [0.29, 0.717) is 51.3 Å². The van der Waals surface area contributed by atoms with Crippen LogP contribution in [0.5, 0.6) is 0 Å². The predicted molar refractivity (Wildman–Crippen MR) is 131 cm³/mol. The lowest BCUT2D eigenvalue weighted by molar-refractivity contribution is 0.101. The number of anilines is 1. The Kier molecular flexibility index (Phi) is 6.72. The van der Waals surface area contributed by atoms with Gasteiger partial charge in [-0.3, -0.25) is 0 Å². The minimum atomic E-state index is 0.231. The van der Waals surface area contributed by atoms with Gasteiger partial charge >= 0.3 is 0 Å². The standard InChI is InChI=1S/C22H25Cl2N7OS/c1-2-16-19-21(31(28-16)7-5-17-20(23)27-22(24)33-17)26-18(10-25-19)30-12-15(13-30)14-4-3-6-29(11-14)8-9-32/h1,10,14-15,32H,3-9,11-13H2/t14-/m0/s1. The molecular weight excluding hydrogens is 481 g/mol. The summed E-state index contributed by atoms with van der Waals surface area (Å²) in [6, 6.07) is 0. The molecule has 5 rings (SSSR count). The molecule has 2 aliphatic rings. The van der Waals surface area contributed by atoms with Crippen LogP contribution < -0.4 is 4.90 Å². The van der Waals surface area contributed by atoms with Gasteiger partial charge in [0.1, 0.15) is 16.5 Å². The zero-order chi connectivity index (χ0) is 22.9. The van der Waals surface area contributed by atoms with Crippen molar-refractivity contribution in [2.45, 2.75) is 25.8 Å². The molecule has 0 spiro atoms. The molecule has 3 aromatic rings. The molecule has 11 heteroatoms. The average molecular weight is 506 g/mol. The Morgan fingerprint density at radius 1 is 1.18 bits per heavy atom. The van der Waals surface area contributed by atoms with Crippen LogP contribution in [0.1, 0.15) is 23.4 Å². The van der Waals surface area contributed by atoms with Gasteiger partial charge in [0, 0.05) is 44.0 Å². The maximum atomic E-state index is 9.25. The lowest BCUT2D eigenvalue weighted by Crippen LogP contribution is -2.54. The summed E-state index contributed by atoms with van der Waals surface area (Å²) in [5.74, 6) is 4.79. The van der Waals surface area contributed by atoms with Crippen LogP contribution in [-0.4, -0.2) is 74.1 Å². The van der Waals surface area contributed by atoms with E-state index in [-0.39, 0.29) is 6.61 Å². The number of terminal acetylenes is 1. The second kappa shape index (κ2) is 9.72. The van der Waals surface area contributed by atoms with Crippen LogP contribution in [0.25, 0.3) is 11.2 Å². The second-order valence-corrected chi connectivity index (χ2v) is 10.7. The largest absolute Gasteiger partial charge is 0.395 e. The molecule has 0 bridgehead atoms. The molecule has 0 unspecified atom stereocenters. The Labute approximate surface area is 206 Å². The van der Waals surface area contributed by atoms with E-state index in [1.807, 2.05) is 0 Å². The highest BCUT2D eigenvalue weighted by Crippen LogP contribution is 2.34. The van der Waals surface area contributed by atoms with Crippen LogP contribution in [0.3, 0.4) is 0 Å². The molecule has 0 saturated carbocycles. The Morgan fingerprint density at radius 2 is 2.03 bits per heavy atom. The van der Waals surface area contributed by atoms with Gasteiger partial charge < -0.3 is 14.9 Å². The molecule has 3 aromatic heterocycles. The number of rotatable bonds is 7. The normalized spacial score (nSPS) is 19.7. The van der Waals surface area contributed by atoms with E-state index >= 15 is 0 Å². The zero-order valence-electron chi connectivity index (χ0n) is 18.1. The number of likely N-dealkylation sites (tertiary alicyclic amines) is 1. The van der Waals surface area contributed by atoms with Gasteiger partial charge in [-0.15, -0.1) is 17.8 Å². The fourth-order valence-electron chi connectivity index (χ4n) is 4.82. The lowest BCUT2D eigenvalue weighted by Gasteiger charge is -2.47. The van der Waals surface area contributed by atoms with Crippen LogP contribution in [0.15, 0.2) is 6.20 Å². The summed E-state index contributed by atoms with van der Waals surface area (Å²) in [4.78, 5) is 19.1. The highest BCUT2D eigenvalue weighted by Gasteiger charge is 2.36. The molecule has 2 saturated heterocycles. The first kappa shape index (κ1) is 22.8. The highest BCUT2D eigenvalue weighted by molar-refractivity contribution is 7.16. The minimum Gasteiger partial charge on any atom is -0.395 e. The molecule has 0 amide bonds. The number of halogens is 2. The summed E-state index contributed by atoms with van der Waals surface area (Å²) in [7, 11) is 0. The van der Waals surface area contributed by atoms with Crippen molar-refractivity contribution >= 4 is 51.5 Å². The van der Waals surface area contributed by atoms with E-state index in [1.165, 1.54) is 24.2 Å². The number of aromatic nitrogens is 5. The molecule has 8 nitrogen and oxygen atoms in total. The third-order valence-corrected chi connectivity index (χ3v) is 8.24. The topological polar surface area (TPSA) is 83.2 Å². The number of hydrogen-bond acceptors (Lipinski definition) is 8. The van der Waals surface area contributed by atoms with Crippen LogP contribution in [0, 0.1) is 24.2 Å². The van der Waals surface area contributed by atoms with Gasteiger partial charge in [-0.2, -0.15) is 5.10 Å². The number of thiazole rings is 1. The molecule has 0 radical (unpaired) electrons. The van der Waals surface area contributed by atoms with Crippen molar-refractivity contribution in [2.75, 3.05) is 44.2 Å². The Bertz CT molecular complexity index is 1180. The molecule has 1 atom stereocenters. The Balaban J connectivity index is 1.29. The number of aryl methyl sites for hydroxylation is 2. The van der Waals surface area contributed by atoms with E-state index < -0.39 is 0 Å². The molecule has 0 aromatic carbocycles. The van der Waals surface area contributed by atoms with Crippen molar-refractivity contribution < 1.29 is 5.11 Å². The van der Waals surface area contributed by atoms with Crippen molar-refractivity contribution in [1.82, 2.24) is 29.6 Å². The molecule has 0 aliphatic carbocycles. The number of fused-ring (bicyclic) bond motifs is 1. The second-order valence-electron chi connectivity index (χ2n) is 8.64. The summed E-state index contributed by atoms with van der Waals surface area (Å²) < 4.78 is 2.23. The van der Waals surface area contributed by atoms with E-state index in [1.54, 1.807) is 10.9 Å². The molecule has 5 heterocycles. The quantitative estimate of drug-likeness (QED) is 0.494. The van der Waals surface area contributed by atoms with Crippen LogP contribution in [-0.2, 0) is 13.0 Å². The molecule has 33 heavy (non-hydrogen) atoms. The van der Waals surface area contributed by atoms with E-state index in [9.17, 15) is 5.11 Å². The summed E-state index contributed by atoms with van der Waals surface area (Å²) in [5, 5.41) is 14.2. The third kappa shape index (κ3) is 4.68.